The zero-order valence-corrected chi connectivity index (χ0v) is 7.68. The molecule has 6 heteroatoms. The van der Waals surface area contributed by atoms with E-state index >= 15 is 0 Å². The molecule has 1 N–H and O–H groups in total. The highest BCUT2D eigenvalue weighted by Gasteiger charge is 2.09. The van der Waals surface area contributed by atoms with Crippen molar-refractivity contribution in [3.63, 3.8) is 0 Å². The highest BCUT2D eigenvalue weighted by Crippen LogP contribution is 2.09. The van der Waals surface area contributed by atoms with Crippen LogP contribution in [0.3, 0.4) is 0 Å². The van der Waals surface area contributed by atoms with Crippen LogP contribution in [0.5, 0.6) is 0 Å². The van der Waals surface area contributed by atoms with E-state index in [1.165, 1.54) is 6.07 Å². The van der Waals surface area contributed by atoms with Gasteiger partial charge in [0.25, 0.3) is 0 Å². The summed E-state index contributed by atoms with van der Waals surface area (Å²) in [4.78, 5) is 0. The average Bonchev–Trinajstić information content (AvgIpc) is 2.35. The van der Waals surface area contributed by atoms with E-state index in [-0.39, 0.29) is 11.6 Å². The average molecular weight is 190 g/mol. The van der Waals surface area contributed by atoms with Crippen LogP contribution in [0.15, 0.2) is 10.6 Å². The molecular weight excluding hydrogens is 180 g/mol. The zero-order chi connectivity index (χ0) is 9.19. The van der Waals surface area contributed by atoms with Crippen LogP contribution in [0.4, 0.5) is 5.88 Å². The Bertz CT molecular complexity index is 355. The van der Waals surface area contributed by atoms with E-state index in [1.54, 1.807) is 13.8 Å². The smallest absolute Gasteiger partial charge is 0.238 e. The second-order valence-electron chi connectivity index (χ2n) is 2.34. The SMILES string of the molecule is CCS(=O)(=O)Nc1cc(C)no1. The molecule has 5 nitrogen and oxygen atoms in total. The summed E-state index contributed by atoms with van der Waals surface area (Å²) < 4.78 is 28.9. The second kappa shape index (κ2) is 3.14. The molecule has 1 heterocycles. The molecule has 0 aliphatic carbocycles. The fourth-order valence-electron chi connectivity index (χ4n) is 0.637. The number of sulfonamides is 1. The van der Waals surface area contributed by atoms with Gasteiger partial charge in [0, 0.05) is 6.07 Å². The lowest BCUT2D eigenvalue weighted by atomic mass is 10.5. The van der Waals surface area contributed by atoms with Crippen LogP contribution >= 0.6 is 0 Å². The number of hydrogen-bond acceptors (Lipinski definition) is 4. The summed E-state index contributed by atoms with van der Waals surface area (Å²) >= 11 is 0. The number of aryl methyl sites for hydroxylation is 1. The molecule has 0 bridgehead atoms. The zero-order valence-electron chi connectivity index (χ0n) is 6.86. The summed E-state index contributed by atoms with van der Waals surface area (Å²) in [6.45, 7) is 3.26. The Morgan fingerprint density at radius 3 is 2.75 bits per heavy atom. The molecule has 0 spiro atoms. The summed E-state index contributed by atoms with van der Waals surface area (Å²) in [6, 6.07) is 1.52. The Morgan fingerprint density at radius 2 is 2.33 bits per heavy atom. The molecule has 0 atom stereocenters. The molecule has 0 aliphatic heterocycles. The van der Waals surface area contributed by atoms with Crippen molar-refractivity contribution < 1.29 is 12.9 Å². The van der Waals surface area contributed by atoms with Gasteiger partial charge >= 0.3 is 0 Å². The highest BCUT2D eigenvalue weighted by atomic mass is 32.2. The molecular formula is C6H10N2O3S. The molecule has 0 fully saturated rings. The van der Waals surface area contributed by atoms with Crippen molar-refractivity contribution in [1.82, 2.24) is 5.16 Å². The lowest BCUT2D eigenvalue weighted by molar-refractivity contribution is 0.430. The highest BCUT2D eigenvalue weighted by molar-refractivity contribution is 7.92. The molecule has 0 radical (unpaired) electrons. The van der Waals surface area contributed by atoms with Crippen molar-refractivity contribution >= 4 is 15.9 Å². The summed E-state index contributed by atoms with van der Waals surface area (Å²) in [6.07, 6.45) is 0. The maximum absolute atomic E-state index is 11.0. The van der Waals surface area contributed by atoms with Crippen molar-refractivity contribution in [2.45, 2.75) is 13.8 Å². The Morgan fingerprint density at radius 1 is 1.67 bits per heavy atom. The second-order valence-corrected chi connectivity index (χ2v) is 4.35. The number of rotatable bonds is 3. The molecule has 0 amide bonds. The summed E-state index contributed by atoms with van der Waals surface area (Å²) in [5.41, 5.74) is 0.642. The Balaban J connectivity index is 2.77. The first-order valence-electron chi connectivity index (χ1n) is 3.47. The van der Waals surface area contributed by atoms with Crippen LogP contribution in [-0.2, 0) is 10.0 Å². The lowest BCUT2D eigenvalue weighted by Gasteiger charge is -1.98. The summed E-state index contributed by atoms with van der Waals surface area (Å²) in [5, 5.41) is 3.53. The monoisotopic (exact) mass is 190 g/mol. The lowest BCUT2D eigenvalue weighted by Crippen LogP contribution is -2.13. The minimum absolute atomic E-state index is 0.0206. The minimum Gasteiger partial charge on any atom is -0.338 e. The minimum atomic E-state index is -3.24. The van der Waals surface area contributed by atoms with Crippen LogP contribution in [0.25, 0.3) is 0 Å². The van der Waals surface area contributed by atoms with Gasteiger partial charge in [0.1, 0.15) is 0 Å². The van der Waals surface area contributed by atoms with Gasteiger partial charge < -0.3 is 4.52 Å². The van der Waals surface area contributed by atoms with E-state index in [4.69, 9.17) is 0 Å². The number of hydrogen-bond donors (Lipinski definition) is 1. The van der Waals surface area contributed by atoms with Crippen LogP contribution in [0, 0.1) is 6.92 Å². The first-order chi connectivity index (χ1) is 5.53. The van der Waals surface area contributed by atoms with E-state index in [0.717, 1.165) is 0 Å². The number of aromatic nitrogens is 1. The fourth-order valence-corrected chi connectivity index (χ4v) is 1.18. The van der Waals surface area contributed by atoms with Crippen molar-refractivity contribution in [3.05, 3.63) is 11.8 Å². The van der Waals surface area contributed by atoms with Gasteiger partial charge in [0.05, 0.1) is 11.4 Å². The van der Waals surface area contributed by atoms with Gasteiger partial charge in [-0.3, -0.25) is 4.72 Å². The Labute approximate surface area is 70.8 Å². The fraction of sp³-hybridized carbons (Fsp3) is 0.500. The van der Waals surface area contributed by atoms with Gasteiger partial charge in [-0.25, -0.2) is 8.42 Å². The van der Waals surface area contributed by atoms with E-state index in [1.807, 2.05) is 0 Å². The molecule has 1 aromatic rings. The third-order valence-corrected chi connectivity index (χ3v) is 2.54. The van der Waals surface area contributed by atoms with Gasteiger partial charge in [0.15, 0.2) is 0 Å². The topological polar surface area (TPSA) is 72.2 Å². The molecule has 0 aliphatic rings. The summed E-state index contributed by atoms with van der Waals surface area (Å²) in [7, 11) is -3.24. The first-order valence-corrected chi connectivity index (χ1v) is 5.12. The van der Waals surface area contributed by atoms with E-state index in [2.05, 4.69) is 14.4 Å². The van der Waals surface area contributed by atoms with Crippen molar-refractivity contribution in [3.8, 4) is 0 Å². The molecule has 12 heavy (non-hydrogen) atoms. The number of nitrogens with one attached hydrogen (secondary N) is 1. The third-order valence-electron chi connectivity index (χ3n) is 1.26. The quantitative estimate of drug-likeness (QED) is 0.763. The first kappa shape index (κ1) is 9.05. The molecule has 0 saturated heterocycles. The van der Waals surface area contributed by atoms with Gasteiger partial charge in [-0.2, -0.15) is 0 Å². The molecule has 0 saturated carbocycles. The van der Waals surface area contributed by atoms with Gasteiger partial charge in [0.2, 0.25) is 15.9 Å². The Hall–Kier alpha value is -1.04. The van der Waals surface area contributed by atoms with E-state index in [9.17, 15) is 8.42 Å². The normalized spacial score (nSPS) is 11.5. The third kappa shape index (κ3) is 2.23. The predicted octanol–water partition coefficient (Wildman–Crippen LogP) is 0.745. The van der Waals surface area contributed by atoms with Crippen LogP contribution in [0.2, 0.25) is 0 Å². The maximum Gasteiger partial charge on any atom is 0.238 e. The van der Waals surface area contributed by atoms with Crippen LogP contribution < -0.4 is 4.72 Å². The maximum atomic E-state index is 11.0. The molecule has 1 rings (SSSR count). The molecule has 68 valence electrons. The Kier molecular flexibility index (Phi) is 2.37. The predicted molar refractivity (Wildman–Crippen MR) is 44.3 cm³/mol. The number of nitrogens with zero attached hydrogens (tertiary/aromatic N) is 1. The van der Waals surface area contributed by atoms with Crippen LogP contribution in [0.1, 0.15) is 12.6 Å². The standard InChI is InChI=1S/C6H10N2O3S/c1-3-12(9,10)8-6-4-5(2)7-11-6/h4,8H,3H2,1-2H3. The summed E-state index contributed by atoms with van der Waals surface area (Å²) in [5.74, 6) is 0.182. The van der Waals surface area contributed by atoms with E-state index in [0.29, 0.717) is 5.69 Å². The molecule has 0 unspecified atom stereocenters. The van der Waals surface area contributed by atoms with Gasteiger partial charge in [-0.05, 0) is 13.8 Å². The van der Waals surface area contributed by atoms with E-state index < -0.39 is 10.0 Å². The van der Waals surface area contributed by atoms with Crippen molar-refractivity contribution in [1.29, 1.82) is 0 Å². The van der Waals surface area contributed by atoms with Crippen molar-refractivity contribution in [2.75, 3.05) is 10.5 Å². The van der Waals surface area contributed by atoms with Gasteiger partial charge in [-0.15, -0.1) is 0 Å². The molecule has 0 aromatic carbocycles. The van der Waals surface area contributed by atoms with Gasteiger partial charge in [-0.1, -0.05) is 5.16 Å². The van der Waals surface area contributed by atoms with Crippen LogP contribution in [-0.4, -0.2) is 19.3 Å². The largest absolute Gasteiger partial charge is 0.338 e. The molecule has 1 aromatic heterocycles. The van der Waals surface area contributed by atoms with Crippen molar-refractivity contribution in [2.24, 2.45) is 0 Å². The number of anilines is 1.